The van der Waals surface area contributed by atoms with Gasteiger partial charge in [-0.2, -0.15) is 0 Å². The van der Waals surface area contributed by atoms with Crippen molar-refractivity contribution in [3.63, 3.8) is 0 Å². The summed E-state index contributed by atoms with van der Waals surface area (Å²) in [6, 6.07) is 9.95. The van der Waals surface area contributed by atoms with Crippen molar-refractivity contribution < 1.29 is 9.53 Å². The number of nitrogens with one attached hydrogen (secondary N) is 1. The Morgan fingerprint density at radius 3 is 3.00 bits per heavy atom. The number of aromatic nitrogens is 2. The largest absolute Gasteiger partial charge is 0.468 e. The summed E-state index contributed by atoms with van der Waals surface area (Å²) in [6.45, 7) is 1.38. The van der Waals surface area contributed by atoms with E-state index in [-0.39, 0.29) is 12.0 Å². The molecule has 1 aromatic carbocycles. The predicted octanol–water partition coefficient (Wildman–Crippen LogP) is 1.12. The molecular weight excluding hydrogens is 254 g/mol. The fourth-order valence-electron chi connectivity index (χ4n) is 2.54. The Labute approximate surface area is 117 Å². The Kier molecular flexibility index (Phi) is 3.52. The van der Waals surface area contributed by atoms with Crippen molar-refractivity contribution in [1.82, 2.24) is 14.9 Å². The van der Waals surface area contributed by atoms with Crippen LogP contribution in [-0.2, 0) is 29.0 Å². The van der Waals surface area contributed by atoms with Gasteiger partial charge in [0.25, 0.3) is 0 Å². The minimum atomic E-state index is -0.279. The molecule has 0 aliphatic carbocycles. The predicted molar refractivity (Wildman–Crippen MR) is 74.1 cm³/mol. The smallest absolute Gasteiger partial charge is 0.323 e. The lowest BCUT2D eigenvalue weighted by molar-refractivity contribution is -0.143. The fourth-order valence-corrected chi connectivity index (χ4v) is 2.54. The SMILES string of the molecule is COC(=O)[C@@H]1Cc2c(ncn2Cc2ccccc2)CN1. The zero-order valence-corrected chi connectivity index (χ0v) is 11.4. The first-order valence-electron chi connectivity index (χ1n) is 6.66. The van der Waals surface area contributed by atoms with Crippen LogP contribution >= 0.6 is 0 Å². The third-order valence-corrected chi connectivity index (χ3v) is 3.63. The van der Waals surface area contributed by atoms with Crippen molar-refractivity contribution in [2.24, 2.45) is 0 Å². The number of methoxy groups -OCH3 is 1. The molecule has 0 amide bonds. The van der Waals surface area contributed by atoms with Gasteiger partial charge in [0.15, 0.2) is 0 Å². The molecule has 2 aromatic rings. The molecule has 0 spiro atoms. The van der Waals surface area contributed by atoms with Crippen molar-refractivity contribution >= 4 is 5.97 Å². The molecule has 0 bridgehead atoms. The lowest BCUT2D eigenvalue weighted by Crippen LogP contribution is -2.43. The normalized spacial score (nSPS) is 17.6. The maximum Gasteiger partial charge on any atom is 0.323 e. The van der Waals surface area contributed by atoms with Crippen molar-refractivity contribution in [2.75, 3.05) is 7.11 Å². The molecule has 1 aliphatic heterocycles. The van der Waals surface area contributed by atoms with Crippen molar-refractivity contribution in [3.8, 4) is 0 Å². The van der Waals surface area contributed by atoms with E-state index in [9.17, 15) is 4.79 Å². The highest BCUT2D eigenvalue weighted by Gasteiger charge is 2.27. The third kappa shape index (κ3) is 2.44. The molecule has 1 aliphatic rings. The van der Waals surface area contributed by atoms with E-state index in [1.165, 1.54) is 12.7 Å². The van der Waals surface area contributed by atoms with Gasteiger partial charge >= 0.3 is 5.97 Å². The zero-order chi connectivity index (χ0) is 13.9. The van der Waals surface area contributed by atoms with Crippen LogP contribution in [0.3, 0.4) is 0 Å². The van der Waals surface area contributed by atoms with E-state index < -0.39 is 0 Å². The standard InChI is InChI=1S/C15H17N3O2/c1-20-15(19)12-7-14-13(8-16-12)17-10-18(14)9-11-5-3-2-4-6-11/h2-6,10,12,16H,7-9H2,1H3/t12-/m0/s1. The molecule has 5 heteroatoms. The van der Waals surface area contributed by atoms with E-state index in [1.54, 1.807) is 0 Å². The number of ether oxygens (including phenoxy) is 1. The van der Waals surface area contributed by atoms with Crippen LogP contribution < -0.4 is 5.32 Å². The minimum Gasteiger partial charge on any atom is -0.468 e. The number of hydrogen-bond acceptors (Lipinski definition) is 4. The Morgan fingerprint density at radius 2 is 2.25 bits per heavy atom. The van der Waals surface area contributed by atoms with Crippen LogP contribution in [0.25, 0.3) is 0 Å². The number of esters is 1. The molecule has 1 aromatic heterocycles. The van der Waals surface area contributed by atoms with Crippen LogP contribution in [0.15, 0.2) is 36.7 Å². The Bertz CT molecular complexity index is 607. The molecule has 5 nitrogen and oxygen atoms in total. The molecule has 0 unspecified atom stereocenters. The highest BCUT2D eigenvalue weighted by atomic mass is 16.5. The number of rotatable bonds is 3. The Hall–Kier alpha value is -2.14. The van der Waals surface area contributed by atoms with E-state index in [0.717, 1.165) is 17.9 Å². The summed E-state index contributed by atoms with van der Waals surface area (Å²) >= 11 is 0. The summed E-state index contributed by atoms with van der Waals surface area (Å²) in [5, 5.41) is 3.15. The lowest BCUT2D eigenvalue weighted by atomic mass is 10.1. The number of nitrogens with zero attached hydrogens (tertiary/aromatic N) is 2. The second kappa shape index (κ2) is 5.46. The molecule has 0 saturated carbocycles. The zero-order valence-electron chi connectivity index (χ0n) is 11.4. The van der Waals surface area contributed by atoms with Crippen LogP contribution in [0.1, 0.15) is 17.0 Å². The molecule has 104 valence electrons. The van der Waals surface area contributed by atoms with E-state index >= 15 is 0 Å². The van der Waals surface area contributed by atoms with Crippen molar-refractivity contribution in [3.05, 3.63) is 53.6 Å². The number of carbonyl (C=O) groups is 1. The molecule has 1 N–H and O–H groups in total. The Balaban J connectivity index is 1.82. The van der Waals surface area contributed by atoms with Crippen LogP contribution in [-0.4, -0.2) is 28.7 Å². The molecule has 20 heavy (non-hydrogen) atoms. The van der Waals surface area contributed by atoms with Gasteiger partial charge in [-0.25, -0.2) is 4.98 Å². The highest BCUT2D eigenvalue weighted by molar-refractivity contribution is 5.76. The van der Waals surface area contributed by atoms with Gasteiger partial charge < -0.3 is 9.30 Å². The molecule has 3 rings (SSSR count). The third-order valence-electron chi connectivity index (χ3n) is 3.63. The quantitative estimate of drug-likeness (QED) is 0.850. The van der Waals surface area contributed by atoms with Gasteiger partial charge in [0, 0.05) is 25.2 Å². The second-order valence-corrected chi connectivity index (χ2v) is 4.91. The van der Waals surface area contributed by atoms with E-state index in [2.05, 4.69) is 27.0 Å². The first-order chi connectivity index (χ1) is 9.78. The molecule has 0 radical (unpaired) electrons. The summed E-state index contributed by atoms with van der Waals surface area (Å²) < 4.78 is 6.92. The molecule has 0 fully saturated rings. The summed E-state index contributed by atoms with van der Waals surface area (Å²) in [5.74, 6) is -0.219. The summed E-state index contributed by atoms with van der Waals surface area (Å²) in [6.07, 6.45) is 2.47. The maximum atomic E-state index is 11.7. The van der Waals surface area contributed by atoms with E-state index in [0.29, 0.717) is 13.0 Å². The minimum absolute atomic E-state index is 0.219. The lowest BCUT2D eigenvalue weighted by Gasteiger charge is -2.22. The molecule has 1 atom stereocenters. The van der Waals surface area contributed by atoms with Crippen LogP contribution in [0.4, 0.5) is 0 Å². The first kappa shape index (κ1) is 12.9. The average Bonchev–Trinajstić information content (AvgIpc) is 2.90. The van der Waals surface area contributed by atoms with Gasteiger partial charge in [-0.05, 0) is 5.56 Å². The van der Waals surface area contributed by atoms with E-state index in [1.807, 2.05) is 24.5 Å². The topological polar surface area (TPSA) is 56.1 Å². The number of carbonyl (C=O) groups excluding carboxylic acids is 1. The van der Waals surface area contributed by atoms with E-state index in [4.69, 9.17) is 4.74 Å². The first-order valence-corrected chi connectivity index (χ1v) is 6.66. The van der Waals surface area contributed by atoms with Crippen LogP contribution in [0, 0.1) is 0 Å². The molecule has 0 saturated heterocycles. The highest BCUT2D eigenvalue weighted by Crippen LogP contribution is 2.17. The number of fused-ring (bicyclic) bond motifs is 1. The van der Waals surface area contributed by atoms with Gasteiger partial charge in [0.1, 0.15) is 6.04 Å². The van der Waals surface area contributed by atoms with Gasteiger partial charge in [-0.3, -0.25) is 10.1 Å². The molecule has 2 heterocycles. The summed E-state index contributed by atoms with van der Waals surface area (Å²) in [4.78, 5) is 16.1. The van der Waals surface area contributed by atoms with Gasteiger partial charge in [-0.1, -0.05) is 30.3 Å². The second-order valence-electron chi connectivity index (χ2n) is 4.91. The van der Waals surface area contributed by atoms with Gasteiger partial charge in [0.2, 0.25) is 0 Å². The van der Waals surface area contributed by atoms with Crippen LogP contribution in [0.2, 0.25) is 0 Å². The fraction of sp³-hybridized carbons (Fsp3) is 0.333. The Morgan fingerprint density at radius 1 is 1.45 bits per heavy atom. The number of hydrogen-bond donors (Lipinski definition) is 1. The average molecular weight is 271 g/mol. The van der Waals surface area contributed by atoms with Crippen molar-refractivity contribution in [1.29, 1.82) is 0 Å². The van der Waals surface area contributed by atoms with Gasteiger partial charge in [0.05, 0.1) is 19.1 Å². The monoisotopic (exact) mass is 271 g/mol. The number of benzene rings is 1. The number of imidazole rings is 1. The summed E-state index contributed by atoms with van der Waals surface area (Å²) in [5.41, 5.74) is 3.35. The maximum absolute atomic E-state index is 11.7. The van der Waals surface area contributed by atoms with Gasteiger partial charge in [-0.15, -0.1) is 0 Å². The van der Waals surface area contributed by atoms with Crippen molar-refractivity contribution in [2.45, 2.75) is 25.6 Å². The van der Waals surface area contributed by atoms with Crippen LogP contribution in [0.5, 0.6) is 0 Å². The summed E-state index contributed by atoms with van der Waals surface area (Å²) in [7, 11) is 1.42. The molecular formula is C15H17N3O2.